The van der Waals surface area contributed by atoms with Crippen molar-refractivity contribution in [1.82, 2.24) is 10.3 Å². The van der Waals surface area contributed by atoms with Crippen LogP contribution in [0.3, 0.4) is 0 Å². The smallest absolute Gasteiger partial charge is 0.257 e. The Hall–Kier alpha value is -3.19. The molecule has 0 fully saturated rings. The van der Waals surface area contributed by atoms with Crippen LogP contribution < -0.4 is 15.4 Å². The third-order valence-electron chi connectivity index (χ3n) is 4.20. The summed E-state index contributed by atoms with van der Waals surface area (Å²) >= 11 is 1.37. The van der Waals surface area contributed by atoms with E-state index in [1.807, 2.05) is 35.7 Å². The molecule has 2 aromatic carbocycles. The number of rotatable bonds is 8. The van der Waals surface area contributed by atoms with Gasteiger partial charge in [0.1, 0.15) is 5.75 Å². The Morgan fingerprint density at radius 3 is 2.60 bits per heavy atom. The molecule has 0 aliphatic heterocycles. The molecule has 0 aliphatic rings. The van der Waals surface area contributed by atoms with Crippen LogP contribution >= 0.6 is 11.3 Å². The molecule has 0 spiro atoms. The average Bonchev–Trinajstić information content (AvgIpc) is 3.19. The van der Waals surface area contributed by atoms with Crippen molar-refractivity contribution in [2.75, 3.05) is 11.9 Å². The van der Waals surface area contributed by atoms with Gasteiger partial charge in [-0.05, 0) is 29.7 Å². The molecular formula is C23H25N3O3S. The van der Waals surface area contributed by atoms with E-state index in [1.54, 1.807) is 18.2 Å². The van der Waals surface area contributed by atoms with Gasteiger partial charge in [0.05, 0.1) is 12.3 Å². The summed E-state index contributed by atoms with van der Waals surface area (Å²) in [5.74, 6) is 0.804. The number of anilines is 1. The number of aromatic nitrogens is 1. The van der Waals surface area contributed by atoms with Crippen LogP contribution in [0.1, 0.15) is 36.7 Å². The van der Waals surface area contributed by atoms with Gasteiger partial charge in [-0.1, -0.05) is 44.2 Å². The van der Waals surface area contributed by atoms with Gasteiger partial charge in [-0.25, -0.2) is 4.98 Å². The zero-order valence-electron chi connectivity index (χ0n) is 17.3. The van der Waals surface area contributed by atoms with E-state index in [2.05, 4.69) is 29.5 Å². The van der Waals surface area contributed by atoms with E-state index >= 15 is 0 Å². The highest BCUT2D eigenvalue weighted by molar-refractivity contribution is 7.14. The first-order chi connectivity index (χ1) is 14.4. The molecule has 0 saturated carbocycles. The van der Waals surface area contributed by atoms with Crippen molar-refractivity contribution >= 4 is 28.3 Å². The van der Waals surface area contributed by atoms with Gasteiger partial charge in [0, 0.05) is 30.0 Å². The van der Waals surface area contributed by atoms with Crippen LogP contribution in [-0.4, -0.2) is 23.4 Å². The molecule has 1 heterocycles. The molecule has 3 rings (SSSR count). The molecule has 0 unspecified atom stereocenters. The minimum Gasteiger partial charge on any atom is -0.493 e. The maximum atomic E-state index is 12.6. The summed E-state index contributed by atoms with van der Waals surface area (Å²) in [7, 11) is 0. The lowest BCUT2D eigenvalue weighted by atomic mass is 10.1. The monoisotopic (exact) mass is 423 g/mol. The summed E-state index contributed by atoms with van der Waals surface area (Å²) in [5, 5.41) is 8.06. The summed E-state index contributed by atoms with van der Waals surface area (Å²) in [5.41, 5.74) is 3.27. The summed E-state index contributed by atoms with van der Waals surface area (Å²) < 4.78 is 5.69. The fourth-order valence-corrected chi connectivity index (χ4v) is 3.36. The molecule has 7 heteroatoms. The third-order valence-corrected chi connectivity index (χ3v) is 4.95. The Kier molecular flexibility index (Phi) is 7.19. The second-order valence-electron chi connectivity index (χ2n) is 7.33. The third kappa shape index (κ3) is 6.15. The molecule has 156 valence electrons. The minimum atomic E-state index is -0.225. The summed E-state index contributed by atoms with van der Waals surface area (Å²) in [6, 6.07) is 14.9. The van der Waals surface area contributed by atoms with Crippen LogP contribution in [0.4, 0.5) is 5.13 Å². The van der Waals surface area contributed by atoms with Crippen LogP contribution in [0.2, 0.25) is 0 Å². The van der Waals surface area contributed by atoms with Crippen LogP contribution in [0.25, 0.3) is 11.3 Å². The molecule has 2 amide bonds. The van der Waals surface area contributed by atoms with Crippen molar-refractivity contribution < 1.29 is 14.3 Å². The summed E-state index contributed by atoms with van der Waals surface area (Å²) in [4.78, 5) is 28.1. The number of nitrogens with one attached hydrogen (secondary N) is 2. The first-order valence-corrected chi connectivity index (χ1v) is 10.6. The summed E-state index contributed by atoms with van der Waals surface area (Å²) in [6.07, 6.45) is 0. The first-order valence-electron chi connectivity index (χ1n) is 9.74. The number of amides is 2. The zero-order chi connectivity index (χ0) is 21.5. The fraction of sp³-hybridized carbons (Fsp3) is 0.261. The molecule has 2 N–H and O–H groups in total. The van der Waals surface area contributed by atoms with Gasteiger partial charge in [-0.3, -0.25) is 14.9 Å². The highest BCUT2D eigenvalue weighted by atomic mass is 32.1. The van der Waals surface area contributed by atoms with E-state index < -0.39 is 0 Å². The Balaban J connectivity index is 1.63. The van der Waals surface area contributed by atoms with Gasteiger partial charge in [-0.2, -0.15) is 0 Å². The van der Waals surface area contributed by atoms with Crippen molar-refractivity contribution in [3.05, 3.63) is 65.0 Å². The van der Waals surface area contributed by atoms with E-state index in [1.165, 1.54) is 18.3 Å². The SMILES string of the molecule is CC(=O)NCc1ccc(-c2csc(NC(=O)c3cccc(OCC(C)C)c3)n2)cc1. The Bertz CT molecular complexity index is 1010. The van der Waals surface area contributed by atoms with E-state index in [0.717, 1.165) is 16.8 Å². The Labute approximate surface area is 180 Å². The zero-order valence-corrected chi connectivity index (χ0v) is 18.1. The topological polar surface area (TPSA) is 80.3 Å². The Morgan fingerprint density at radius 1 is 1.13 bits per heavy atom. The number of benzene rings is 2. The second kappa shape index (κ2) is 10.0. The molecule has 1 aromatic heterocycles. The van der Waals surface area contributed by atoms with Crippen LogP contribution in [0.5, 0.6) is 5.75 Å². The van der Waals surface area contributed by atoms with Crippen LogP contribution in [0, 0.1) is 5.92 Å². The molecule has 0 bridgehead atoms. The lowest BCUT2D eigenvalue weighted by molar-refractivity contribution is -0.119. The number of ether oxygens (including phenoxy) is 1. The van der Waals surface area contributed by atoms with Gasteiger partial charge in [0.2, 0.25) is 5.91 Å². The van der Waals surface area contributed by atoms with Crippen molar-refractivity contribution in [2.24, 2.45) is 5.92 Å². The van der Waals surface area contributed by atoms with Gasteiger partial charge in [-0.15, -0.1) is 11.3 Å². The van der Waals surface area contributed by atoms with Gasteiger partial charge in [0.15, 0.2) is 5.13 Å². The van der Waals surface area contributed by atoms with E-state index in [-0.39, 0.29) is 11.8 Å². The van der Waals surface area contributed by atoms with Crippen molar-refractivity contribution in [2.45, 2.75) is 27.3 Å². The lowest BCUT2D eigenvalue weighted by Gasteiger charge is -2.09. The lowest BCUT2D eigenvalue weighted by Crippen LogP contribution is -2.18. The van der Waals surface area contributed by atoms with Gasteiger partial charge < -0.3 is 10.1 Å². The van der Waals surface area contributed by atoms with Crippen LogP contribution in [-0.2, 0) is 11.3 Å². The van der Waals surface area contributed by atoms with E-state index in [4.69, 9.17) is 4.74 Å². The van der Waals surface area contributed by atoms with Gasteiger partial charge in [0.25, 0.3) is 5.91 Å². The molecular weight excluding hydrogens is 398 g/mol. The highest BCUT2D eigenvalue weighted by Crippen LogP contribution is 2.26. The van der Waals surface area contributed by atoms with E-state index in [9.17, 15) is 9.59 Å². The second-order valence-corrected chi connectivity index (χ2v) is 8.19. The first kappa shape index (κ1) is 21.5. The van der Waals surface area contributed by atoms with Crippen molar-refractivity contribution in [1.29, 1.82) is 0 Å². The van der Waals surface area contributed by atoms with E-state index in [0.29, 0.717) is 35.5 Å². The number of nitrogens with zero attached hydrogens (tertiary/aromatic N) is 1. The minimum absolute atomic E-state index is 0.0593. The van der Waals surface area contributed by atoms with Gasteiger partial charge >= 0.3 is 0 Å². The molecule has 0 atom stereocenters. The maximum absolute atomic E-state index is 12.6. The fourth-order valence-electron chi connectivity index (χ4n) is 2.64. The molecule has 30 heavy (non-hydrogen) atoms. The molecule has 0 saturated heterocycles. The quantitative estimate of drug-likeness (QED) is 0.549. The molecule has 6 nitrogen and oxygen atoms in total. The highest BCUT2D eigenvalue weighted by Gasteiger charge is 2.11. The molecule has 0 aliphatic carbocycles. The predicted molar refractivity (Wildman–Crippen MR) is 120 cm³/mol. The largest absolute Gasteiger partial charge is 0.493 e. The standard InChI is InChI=1S/C23H25N3O3S/c1-15(2)13-29-20-6-4-5-19(11-20)22(28)26-23-25-21(14-30-23)18-9-7-17(8-10-18)12-24-16(3)27/h4-11,14-15H,12-13H2,1-3H3,(H,24,27)(H,25,26,28). The number of hydrogen-bond acceptors (Lipinski definition) is 5. The maximum Gasteiger partial charge on any atom is 0.257 e. The molecule has 3 aromatic rings. The predicted octanol–water partition coefficient (Wildman–Crippen LogP) is 4.73. The number of carbonyl (C=O) groups excluding carboxylic acids is 2. The van der Waals surface area contributed by atoms with Crippen molar-refractivity contribution in [3.8, 4) is 17.0 Å². The normalized spacial score (nSPS) is 10.7. The van der Waals surface area contributed by atoms with Crippen molar-refractivity contribution in [3.63, 3.8) is 0 Å². The molecule has 0 radical (unpaired) electrons. The number of hydrogen-bond donors (Lipinski definition) is 2. The van der Waals surface area contributed by atoms with Crippen LogP contribution in [0.15, 0.2) is 53.9 Å². The number of carbonyl (C=O) groups is 2. The summed E-state index contributed by atoms with van der Waals surface area (Å²) in [6.45, 7) is 6.74. The Morgan fingerprint density at radius 2 is 1.90 bits per heavy atom. The number of thiazole rings is 1. The average molecular weight is 424 g/mol.